The summed E-state index contributed by atoms with van der Waals surface area (Å²) in [5.41, 5.74) is 3.65. The van der Waals surface area contributed by atoms with E-state index in [0.29, 0.717) is 16.6 Å². The standard InChI is InChI=1S/C21H18FN5O3S/c22-16-4-6-17(7-5-16)26-19(28)13-30-18-8-2-15(3-9-18)12-25-27-20(29)14-31-21-23-10-1-11-24-21/h1-12H,13-14H2,(H,26,28)(H,27,29)/b25-12-. The van der Waals surface area contributed by atoms with Crippen LogP contribution >= 0.6 is 11.8 Å². The van der Waals surface area contributed by atoms with Gasteiger partial charge in [0.1, 0.15) is 11.6 Å². The van der Waals surface area contributed by atoms with Crippen LogP contribution in [0, 0.1) is 5.82 Å². The molecule has 0 aliphatic heterocycles. The maximum absolute atomic E-state index is 12.9. The van der Waals surface area contributed by atoms with E-state index in [1.165, 1.54) is 42.2 Å². The summed E-state index contributed by atoms with van der Waals surface area (Å²) >= 11 is 1.21. The van der Waals surface area contributed by atoms with Crippen molar-refractivity contribution >= 4 is 35.5 Å². The third kappa shape index (κ3) is 7.86. The lowest BCUT2D eigenvalue weighted by Gasteiger charge is -2.07. The molecule has 0 fully saturated rings. The summed E-state index contributed by atoms with van der Waals surface area (Å²) in [6, 6.07) is 14.0. The molecule has 0 aliphatic rings. The van der Waals surface area contributed by atoms with Crippen LogP contribution in [0.5, 0.6) is 5.75 Å². The van der Waals surface area contributed by atoms with Crippen molar-refractivity contribution in [3.63, 3.8) is 0 Å². The number of aromatic nitrogens is 2. The molecular weight excluding hydrogens is 421 g/mol. The van der Waals surface area contributed by atoms with Crippen molar-refractivity contribution < 1.29 is 18.7 Å². The van der Waals surface area contributed by atoms with Crippen LogP contribution in [0.25, 0.3) is 0 Å². The van der Waals surface area contributed by atoms with Crippen LogP contribution in [0.2, 0.25) is 0 Å². The molecule has 1 heterocycles. The summed E-state index contributed by atoms with van der Waals surface area (Å²) < 4.78 is 18.3. The second-order valence-corrected chi connectivity index (χ2v) is 6.97. The largest absolute Gasteiger partial charge is 0.484 e. The first-order chi connectivity index (χ1) is 15.1. The normalized spacial score (nSPS) is 10.6. The smallest absolute Gasteiger partial charge is 0.262 e. The maximum Gasteiger partial charge on any atom is 0.262 e. The van der Waals surface area contributed by atoms with Crippen LogP contribution in [0.4, 0.5) is 10.1 Å². The number of hydrazone groups is 1. The number of thioether (sulfide) groups is 1. The molecule has 10 heteroatoms. The Balaban J connectivity index is 1.38. The number of nitrogens with one attached hydrogen (secondary N) is 2. The van der Waals surface area contributed by atoms with Crippen molar-refractivity contribution in [1.29, 1.82) is 0 Å². The van der Waals surface area contributed by atoms with E-state index in [4.69, 9.17) is 4.74 Å². The summed E-state index contributed by atoms with van der Waals surface area (Å²) in [5, 5.41) is 7.03. The van der Waals surface area contributed by atoms with Crippen molar-refractivity contribution in [2.24, 2.45) is 5.10 Å². The lowest BCUT2D eigenvalue weighted by Crippen LogP contribution is -2.20. The molecule has 0 radical (unpaired) electrons. The molecule has 2 amide bonds. The zero-order chi connectivity index (χ0) is 21.9. The topological polar surface area (TPSA) is 106 Å². The van der Waals surface area contributed by atoms with Gasteiger partial charge in [0.05, 0.1) is 12.0 Å². The molecule has 31 heavy (non-hydrogen) atoms. The monoisotopic (exact) mass is 439 g/mol. The number of carbonyl (C=O) groups excluding carboxylic acids is 2. The third-order valence-electron chi connectivity index (χ3n) is 3.66. The van der Waals surface area contributed by atoms with E-state index in [1.807, 2.05) is 0 Å². The highest BCUT2D eigenvalue weighted by atomic mass is 32.2. The van der Waals surface area contributed by atoms with Crippen molar-refractivity contribution in [2.75, 3.05) is 17.7 Å². The van der Waals surface area contributed by atoms with Crippen LogP contribution < -0.4 is 15.5 Å². The van der Waals surface area contributed by atoms with Crippen molar-refractivity contribution in [2.45, 2.75) is 5.16 Å². The Hall–Kier alpha value is -3.79. The van der Waals surface area contributed by atoms with Gasteiger partial charge in [-0.3, -0.25) is 9.59 Å². The zero-order valence-electron chi connectivity index (χ0n) is 16.2. The molecule has 3 rings (SSSR count). The van der Waals surface area contributed by atoms with Crippen LogP contribution in [-0.2, 0) is 9.59 Å². The molecule has 3 aromatic rings. The molecule has 0 spiro atoms. The number of amides is 2. The predicted molar refractivity (Wildman–Crippen MR) is 115 cm³/mol. The number of hydrogen-bond donors (Lipinski definition) is 2. The molecule has 0 aliphatic carbocycles. The molecule has 0 atom stereocenters. The van der Waals surface area contributed by atoms with Gasteiger partial charge in [0.15, 0.2) is 11.8 Å². The van der Waals surface area contributed by atoms with Crippen molar-refractivity contribution in [1.82, 2.24) is 15.4 Å². The summed E-state index contributed by atoms with van der Waals surface area (Å²) in [6.45, 7) is -0.191. The number of benzene rings is 2. The predicted octanol–water partition coefficient (Wildman–Crippen LogP) is 2.88. The maximum atomic E-state index is 12.9. The highest BCUT2D eigenvalue weighted by Gasteiger charge is 2.05. The molecule has 0 saturated carbocycles. The van der Waals surface area contributed by atoms with Gasteiger partial charge < -0.3 is 10.1 Å². The molecule has 1 aromatic heterocycles. The highest BCUT2D eigenvalue weighted by Crippen LogP contribution is 2.12. The quantitative estimate of drug-likeness (QED) is 0.230. The molecule has 0 bridgehead atoms. The second-order valence-electron chi connectivity index (χ2n) is 6.03. The van der Waals surface area contributed by atoms with Crippen LogP contribution in [-0.4, -0.2) is 40.4 Å². The van der Waals surface area contributed by atoms with Gasteiger partial charge in [-0.25, -0.2) is 19.8 Å². The van der Waals surface area contributed by atoms with Gasteiger partial charge in [-0.1, -0.05) is 11.8 Å². The van der Waals surface area contributed by atoms with Gasteiger partial charge in [0, 0.05) is 18.1 Å². The zero-order valence-corrected chi connectivity index (χ0v) is 17.0. The SMILES string of the molecule is O=C(CSc1ncccn1)N/N=C\c1ccc(OCC(=O)Nc2ccc(F)cc2)cc1. The number of hydrogen-bond acceptors (Lipinski definition) is 7. The summed E-state index contributed by atoms with van der Waals surface area (Å²) in [5.74, 6) is -0.374. The Morgan fingerprint density at radius 3 is 2.45 bits per heavy atom. The van der Waals surface area contributed by atoms with Crippen molar-refractivity contribution in [3.8, 4) is 5.75 Å². The molecule has 0 saturated heterocycles. The van der Waals surface area contributed by atoms with E-state index < -0.39 is 0 Å². The van der Waals surface area contributed by atoms with Gasteiger partial charge in [-0.15, -0.1) is 0 Å². The van der Waals surface area contributed by atoms with E-state index in [1.54, 1.807) is 42.7 Å². The minimum absolute atomic E-state index is 0.147. The van der Waals surface area contributed by atoms with Crippen LogP contribution in [0.1, 0.15) is 5.56 Å². The molecule has 8 nitrogen and oxygen atoms in total. The number of ether oxygens (including phenoxy) is 1. The van der Waals surface area contributed by atoms with E-state index >= 15 is 0 Å². The fraction of sp³-hybridized carbons (Fsp3) is 0.0952. The van der Waals surface area contributed by atoms with Gasteiger partial charge in [0.2, 0.25) is 0 Å². The Morgan fingerprint density at radius 2 is 1.74 bits per heavy atom. The number of halogens is 1. The fourth-order valence-corrected chi connectivity index (χ4v) is 2.83. The first-order valence-electron chi connectivity index (χ1n) is 9.08. The fourth-order valence-electron chi connectivity index (χ4n) is 2.23. The minimum Gasteiger partial charge on any atom is -0.484 e. The number of nitrogens with zero attached hydrogens (tertiary/aromatic N) is 3. The number of carbonyl (C=O) groups is 2. The first-order valence-corrected chi connectivity index (χ1v) is 10.1. The van der Waals surface area contributed by atoms with Gasteiger partial charge in [-0.05, 0) is 60.2 Å². The van der Waals surface area contributed by atoms with Gasteiger partial charge >= 0.3 is 0 Å². The van der Waals surface area contributed by atoms with E-state index in [9.17, 15) is 14.0 Å². The molecular formula is C21H18FN5O3S. The molecule has 0 unspecified atom stereocenters. The van der Waals surface area contributed by atoms with Crippen LogP contribution in [0.15, 0.2) is 77.2 Å². The van der Waals surface area contributed by atoms with Gasteiger partial charge in [0.25, 0.3) is 11.8 Å². The average Bonchev–Trinajstić information content (AvgIpc) is 2.79. The Morgan fingerprint density at radius 1 is 1.03 bits per heavy atom. The minimum atomic E-state index is -0.377. The van der Waals surface area contributed by atoms with E-state index in [-0.39, 0.29) is 30.0 Å². The van der Waals surface area contributed by atoms with E-state index in [2.05, 4.69) is 25.8 Å². The Labute approximate surface area is 182 Å². The van der Waals surface area contributed by atoms with Crippen LogP contribution in [0.3, 0.4) is 0 Å². The average molecular weight is 439 g/mol. The van der Waals surface area contributed by atoms with Crippen molar-refractivity contribution in [3.05, 3.63) is 78.4 Å². The summed E-state index contributed by atoms with van der Waals surface area (Å²) in [6.07, 6.45) is 4.71. The molecule has 2 aromatic carbocycles. The third-order valence-corrected chi connectivity index (χ3v) is 4.53. The number of rotatable bonds is 9. The number of anilines is 1. The van der Waals surface area contributed by atoms with E-state index in [0.717, 1.165) is 5.56 Å². The summed E-state index contributed by atoms with van der Waals surface area (Å²) in [4.78, 5) is 31.7. The summed E-state index contributed by atoms with van der Waals surface area (Å²) in [7, 11) is 0. The second kappa shape index (κ2) is 11.4. The Kier molecular flexibility index (Phi) is 8.06. The highest BCUT2D eigenvalue weighted by molar-refractivity contribution is 7.99. The Bertz CT molecular complexity index is 1030. The molecule has 158 valence electrons. The lowest BCUT2D eigenvalue weighted by molar-refractivity contribution is -0.119. The lowest BCUT2D eigenvalue weighted by atomic mass is 10.2. The van der Waals surface area contributed by atoms with Gasteiger partial charge in [-0.2, -0.15) is 5.10 Å². The molecule has 2 N–H and O–H groups in total. The first kappa shape index (κ1) is 21.9.